The van der Waals surface area contributed by atoms with Crippen LogP contribution in [0.3, 0.4) is 0 Å². The van der Waals surface area contributed by atoms with Crippen LogP contribution in [0.4, 0.5) is 4.79 Å². The zero-order chi connectivity index (χ0) is 29.1. The molecule has 2 atom stereocenters. The summed E-state index contributed by atoms with van der Waals surface area (Å²) in [6.07, 6.45) is 10.0. The molecule has 7 nitrogen and oxygen atoms in total. The second-order valence-corrected chi connectivity index (χ2v) is 12.2. The Morgan fingerprint density at radius 3 is 2.13 bits per heavy atom. The van der Waals surface area contributed by atoms with Gasteiger partial charge in [-0.2, -0.15) is 0 Å². The normalized spacial score (nSPS) is 13.3. The molecule has 0 spiro atoms. The first-order valence-electron chi connectivity index (χ1n) is 13.8. The van der Waals surface area contributed by atoms with Crippen molar-refractivity contribution >= 4 is 17.9 Å². The van der Waals surface area contributed by atoms with Gasteiger partial charge in [0.05, 0.1) is 0 Å². The van der Waals surface area contributed by atoms with E-state index in [1.807, 2.05) is 46.8 Å². The molecule has 1 aromatic rings. The molecule has 38 heavy (non-hydrogen) atoms. The van der Waals surface area contributed by atoms with E-state index in [2.05, 4.69) is 23.5 Å². The van der Waals surface area contributed by atoms with Crippen LogP contribution in [0.5, 0.6) is 0 Å². The molecule has 0 aromatic heterocycles. The third-order valence-electron chi connectivity index (χ3n) is 5.86. The number of hydrogen-bond donors (Lipinski definition) is 2. The second-order valence-electron chi connectivity index (χ2n) is 12.2. The van der Waals surface area contributed by atoms with Gasteiger partial charge in [0.2, 0.25) is 11.8 Å². The number of unbranched alkanes of at least 4 members (excludes halogenated alkanes) is 4. The maximum absolute atomic E-state index is 14.2. The number of nitrogens with zero attached hydrogens (tertiary/aromatic N) is 1. The van der Waals surface area contributed by atoms with Crippen molar-refractivity contribution in [2.24, 2.45) is 5.92 Å². The fraction of sp³-hybridized carbons (Fsp3) is 0.645. The Bertz CT molecular complexity index is 967. The summed E-state index contributed by atoms with van der Waals surface area (Å²) in [5.41, 5.74) is -0.110. The van der Waals surface area contributed by atoms with Crippen molar-refractivity contribution in [2.75, 3.05) is 6.54 Å². The van der Waals surface area contributed by atoms with Crippen LogP contribution in [0.1, 0.15) is 112 Å². The molecule has 2 unspecified atom stereocenters. The van der Waals surface area contributed by atoms with Gasteiger partial charge in [-0.1, -0.05) is 70.6 Å². The van der Waals surface area contributed by atoms with Crippen molar-refractivity contribution in [3.05, 3.63) is 35.4 Å². The highest BCUT2D eigenvalue weighted by Crippen LogP contribution is 2.28. The molecule has 2 N–H and O–H groups in total. The Hall–Kier alpha value is -3.01. The molecule has 0 aliphatic carbocycles. The molecule has 0 heterocycles. The fourth-order valence-corrected chi connectivity index (χ4v) is 4.13. The number of carbonyl (C=O) groups excluding carboxylic acids is 3. The van der Waals surface area contributed by atoms with Gasteiger partial charge in [-0.3, -0.25) is 9.59 Å². The zero-order valence-corrected chi connectivity index (χ0v) is 24.9. The lowest BCUT2D eigenvalue weighted by molar-refractivity contribution is -0.144. The van der Waals surface area contributed by atoms with Gasteiger partial charge in [-0.05, 0) is 65.5 Å². The molecular formula is C31H49N3O4. The highest BCUT2D eigenvalue weighted by Gasteiger charge is 2.38. The lowest BCUT2D eigenvalue weighted by Crippen LogP contribution is -2.56. The fourth-order valence-electron chi connectivity index (χ4n) is 4.13. The van der Waals surface area contributed by atoms with Crippen molar-refractivity contribution in [2.45, 2.75) is 118 Å². The number of amides is 3. The summed E-state index contributed by atoms with van der Waals surface area (Å²) < 4.78 is 5.44. The monoisotopic (exact) mass is 527 g/mol. The van der Waals surface area contributed by atoms with E-state index in [-0.39, 0.29) is 17.7 Å². The SMILES string of the molecule is C#Cc1ccccc1C(C(=O)NC(C)(C)C)N(CCCCCCC)C(=O)C(NC(=O)OC(C)(C)C)C(C)C. The van der Waals surface area contributed by atoms with Crippen LogP contribution in [0.25, 0.3) is 0 Å². The van der Waals surface area contributed by atoms with Crippen LogP contribution in [0.15, 0.2) is 24.3 Å². The first kappa shape index (κ1) is 33.0. The topological polar surface area (TPSA) is 87.7 Å². The standard InChI is InChI=1S/C31H49N3O4/c1-11-13-14-15-18-21-34(28(36)25(22(3)4)32-29(37)38-31(8,9)10)26(27(35)33-30(5,6)7)24-20-17-16-19-23(24)12-2/h2,16-17,19-20,22,25-26H,11,13-15,18,21H2,1,3-10H3,(H,32,37)(H,33,35). The molecule has 1 rings (SSSR count). The van der Waals surface area contributed by atoms with Crippen molar-refractivity contribution in [3.63, 3.8) is 0 Å². The quantitative estimate of drug-likeness (QED) is 0.259. The van der Waals surface area contributed by atoms with E-state index in [4.69, 9.17) is 11.2 Å². The van der Waals surface area contributed by atoms with Crippen molar-refractivity contribution in [1.29, 1.82) is 0 Å². The van der Waals surface area contributed by atoms with Gasteiger partial charge in [0.15, 0.2) is 0 Å². The number of ether oxygens (including phenoxy) is 1. The molecule has 212 valence electrons. The minimum atomic E-state index is -0.957. The molecule has 0 radical (unpaired) electrons. The first-order valence-corrected chi connectivity index (χ1v) is 13.8. The number of nitrogens with one attached hydrogen (secondary N) is 2. The van der Waals surface area contributed by atoms with Crippen molar-refractivity contribution in [1.82, 2.24) is 15.5 Å². The third-order valence-corrected chi connectivity index (χ3v) is 5.86. The molecule has 0 saturated carbocycles. The van der Waals surface area contributed by atoms with E-state index in [0.717, 1.165) is 32.1 Å². The number of rotatable bonds is 12. The summed E-state index contributed by atoms with van der Waals surface area (Å²) >= 11 is 0. The summed E-state index contributed by atoms with van der Waals surface area (Å²) in [6.45, 7) is 17.2. The van der Waals surface area contributed by atoms with Gasteiger partial charge < -0.3 is 20.3 Å². The average Bonchev–Trinajstić information content (AvgIpc) is 2.78. The lowest BCUT2D eigenvalue weighted by Gasteiger charge is -2.37. The predicted octanol–water partition coefficient (Wildman–Crippen LogP) is 5.97. The summed E-state index contributed by atoms with van der Waals surface area (Å²) in [6, 6.07) is 5.36. The molecule has 3 amide bonds. The number of terminal acetylenes is 1. The van der Waals surface area contributed by atoms with E-state index in [1.54, 1.807) is 37.8 Å². The Morgan fingerprint density at radius 2 is 1.61 bits per heavy atom. The van der Waals surface area contributed by atoms with E-state index < -0.39 is 29.3 Å². The number of hydrogen-bond acceptors (Lipinski definition) is 4. The van der Waals surface area contributed by atoms with Gasteiger partial charge in [-0.15, -0.1) is 6.42 Å². The molecule has 0 bridgehead atoms. The minimum Gasteiger partial charge on any atom is -0.444 e. The molecule has 0 fully saturated rings. The van der Waals surface area contributed by atoms with Gasteiger partial charge in [0.25, 0.3) is 0 Å². The van der Waals surface area contributed by atoms with Crippen LogP contribution >= 0.6 is 0 Å². The number of benzene rings is 1. The Kier molecular flexibility index (Phi) is 12.9. The molecule has 0 aliphatic heterocycles. The highest BCUT2D eigenvalue weighted by molar-refractivity contribution is 5.93. The highest BCUT2D eigenvalue weighted by atomic mass is 16.6. The maximum Gasteiger partial charge on any atom is 0.408 e. The zero-order valence-electron chi connectivity index (χ0n) is 24.9. The van der Waals surface area contributed by atoms with Gasteiger partial charge in [-0.25, -0.2) is 4.79 Å². The van der Waals surface area contributed by atoms with Crippen molar-refractivity contribution in [3.8, 4) is 12.3 Å². The first-order chi connectivity index (χ1) is 17.6. The largest absolute Gasteiger partial charge is 0.444 e. The van der Waals surface area contributed by atoms with Gasteiger partial charge >= 0.3 is 6.09 Å². The second kappa shape index (κ2) is 14.8. The minimum absolute atomic E-state index is 0.244. The summed E-state index contributed by atoms with van der Waals surface area (Å²) in [4.78, 5) is 42.3. The molecule has 1 aromatic carbocycles. The van der Waals surface area contributed by atoms with E-state index in [0.29, 0.717) is 17.7 Å². The predicted molar refractivity (Wildman–Crippen MR) is 153 cm³/mol. The molecule has 0 aliphatic rings. The van der Waals surface area contributed by atoms with Crippen LogP contribution in [0.2, 0.25) is 0 Å². The Labute approximate surface area is 230 Å². The Morgan fingerprint density at radius 1 is 1.00 bits per heavy atom. The van der Waals surface area contributed by atoms with Crippen LogP contribution in [-0.2, 0) is 14.3 Å². The molecular weight excluding hydrogens is 478 g/mol. The summed E-state index contributed by atoms with van der Waals surface area (Å²) in [5, 5.41) is 5.80. The summed E-state index contributed by atoms with van der Waals surface area (Å²) in [5.74, 6) is 1.77. The molecule has 0 saturated heterocycles. The summed E-state index contributed by atoms with van der Waals surface area (Å²) in [7, 11) is 0. The van der Waals surface area contributed by atoms with Gasteiger partial charge in [0.1, 0.15) is 17.7 Å². The van der Waals surface area contributed by atoms with E-state index in [1.165, 1.54) is 0 Å². The average molecular weight is 528 g/mol. The molecule has 7 heteroatoms. The lowest BCUT2D eigenvalue weighted by atomic mass is 9.94. The third kappa shape index (κ3) is 11.2. The van der Waals surface area contributed by atoms with Crippen LogP contribution < -0.4 is 10.6 Å². The Balaban J connectivity index is 3.57. The van der Waals surface area contributed by atoms with Crippen LogP contribution in [-0.4, -0.2) is 46.5 Å². The smallest absolute Gasteiger partial charge is 0.408 e. The van der Waals surface area contributed by atoms with Crippen molar-refractivity contribution < 1.29 is 19.1 Å². The van der Waals surface area contributed by atoms with Gasteiger partial charge in [0, 0.05) is 17.6 Å². The number of alkyl carbamates (subject to hydrolysis) is 1. The van der Waals surface area contributed by atoms with Crippen LogP contribution in [0, 0.1) is 18.3 Å². The van der Waals surface area contributed by atoms with E-state index >= 15 is 0 Å². The van der Waals surface area contributed by atoms with E-state index in [9.17, 15) is 14.4 Å². The number of carbonyl (C=O) groups is 3. The maximum atomic E-state index is 14.2.